The molecule has 5 rings (SSSR count). The lowest BCUT2D eigenvalue weighted by molar-refractivity contribution is 0.102. The van der Waals surface area contributed by atoms with E-state index in [1.165, 1.54) is 37.1 Å². The van der Waals surface area contributed by atoms with E-state index >= 15 is 0 Å². The molecule has 0 unspecified atom stereocenters. The first-order valence-electron chi connectivity index (χ1n) is 9.05. The van der Waals surface area contributed by atoms with Crippen molar-refractivity contribution in [1.82, 2.24) is 19.7 Å². The SMILES string of the molecule is O=C(Nc1ccc(-n2nc(C3CC3)cc2C2CC2)nc1)c1ccncc1. The minimum Gasteiger partial charge on any atom is -0.321 e. The quantitative estimate of drug-likeness (QED) is 0.766. The minimum atomic E-state index is -0.171. The third-order valence-electron chi connectivity index (χ3n) is 4.91. The second-order valence-corrected chi connectivity index (χ2v) is 7.05. The van der Waals surface area contributed by atoms with Crippen molar-refractivity contribution in [2.75, 3.05) is 5.32 Å². The zero-order valence-electron chi connectivity index (χ0n) is 14.3. The number of aromatic nitrogens is 4. The molecule has 0 spiro atoms. The van der Waals surface area contributed by atoms with E-state index in [4.69, 9.17) is 5.10 Å². The number of anilines is 1. The summed E-state index contributed by atoms with van der Waals surface area (Å²) in [6.45, 7) is 0. The summed E-state index contributed by atoms with van der Waals surface area (Å²) in [7, 11) is 0. The molecule has 2 saturated carbocycles. The van der Waals surface area contributed by atoms with Gasteiger partial charge in [0.25, 0.3) is 5.91 Å². The maximum atomic E-state index is 12.2. The van der Waals surface area contributed by atoms with Gasteiger partial charge in [0.1, 0.15) is 0 Å². The summed E-state index contributed by atoms with van der Waals surface area (Å²) in [5.41, 5.74) is 3.70. The molecule has 3 aromatic rings. The minimum absolute atomic E-state index is 0.171. The number of carbonyl (C=O) groups excluding carboxylic acids is 1. The van der Waals surface area contributed by atoms with Crippen LogP contribution in [0.3, 0.4) is 0 Å². The van der Waals surface area contributed by atoms with Crippen molar-refractivity contribution >= 4 is 11.6 Å². The molecule has 0 aliphatic heterocycles. The van der Waals surface area contributed by atoms with Crippen molar-refractivity contribution in [3.05, 3.63) is 65.9 Å². The van der Waals surface area contributed by atoms with E-state index < -0.39 is 0 Å². The molecule has 3 heterocycles. The number of carbonyl (C=O) groups is 1. The van der Waals surface area contributed by atoms with Gasteiger partial charge in [-0.2, -0.15) is 5.10 Å². The van der Waals surface area contributed by atoms with Gasteiger partial charge in [-0.15, -0.1) is 0 Å². The fourth-order valence-corrected chi connectivity index (χ4v) is 3.14. The van der Waals surface area contributed by atoms with Crippen LogP contribution < -0.4 is 5.32 Å². The Hall–Kier alpha value is -3.02. The number of hydrogen-bond acceptors (Lipinski definition) is 4. The average molecular weight is 345 g/mol. The Labute approximate surface area is 151 Å². The predicted octanol–water partition coefficient (Wildman–Crippen LogP) is 3.67. The third kappa shape index (κ3) is 2.98. The van der Waals surface area contributed by atoms with Gasteiger partial charge in [0, 0.05) is 35.5 Å². The average Bonchev–Trinajstić information content (AvgIpc) is 3.61. The van der Waals surface area contributed by atoms with E-state index in [9.17, 15) is 4.79 Å². The fourth-order valence-electron chi connectivity index (χ4n) is 3.14. The summed E-state index contributed by atoms with van der Waals surface area (Å²) in [5.74, 6) is 1.88. The van der Waals surface area contributed by atoms with Gasteiger partial charge in [0.05, 0.1) is 17.6 Å². The van der Waals surface area contributed by atoms with Gasteiger partial charge in [0.15, 0.2) is 5.82 Å². The lowest BCUT2D eigenvalue weighted by Gasteiger charge is -2.08. The van der Waals surface area contributed by atoms with Gasteiger partial charge in [-0.1, -0.05) is 0 Å². The van der Waals surface area contributed by atoms with Crippen LogP contribution in [-0.2, 0) is 0 Å². The van der Waals surface area contributed by atoms with Crippen molar-refractivity contribution in [2.45, 2.75) is 37.5 Å². The van der Waals surface area contributed by atoms with E-state index in [1.54, 1.807) is 30.7 Å². The molecule has 0 bridgehead atoms. The molecule has 130 valence electrons. The van der Waals surface area contributed by atoms with Crippen LogP contribution in [0.5, 0.6) is 0 Å². The normalized spacial score (nSPS) is 16.5. The summed E-state index contributed by atoms with van der Waals surface area (Å²) in [5, 5.41) is 7.66. The summed E-state index contributed by atoms with van der Waals surface area (Å²) in [6.07, 6.45) is 9.84. The first-order valence-corrected chi connectivity index (χ1v) is 9.05. The second-order valence-electron chi connectivity index (χ2n) is 7.05. The predicted molar refractivity (Wildman–Crippen MR) is 97.5 cm³/mol. The summed E-state index contributed by atoms with van der Waals surface area (Å²) in [6, 6.07) is 9.41. The Morgan fingerprint density at radius 2 is 1.81 bits per heavy atom. The molecule has 2 fully saturated rings. The molecule has 26 heavy (non-hydrogen) atoms. The number of amides is 1. The Morgan fingerprint density at radius 3 is 2.46 bits per heavy atom. The van der Waals surface area contributed by atoms with Crippen LogP contribution in [0.25, 0.3) is 5.82 Å². The van der Waals surface area contributed by atoms with Crippen molar-refractivity contribution in [3.8, 4) is 5.82 Å². The van der Waals surface area contributed by atoms with E-state index in [0.717, 1.165) is 5.82 Å². The first kappa shape index (κ1) is 15.3. The lowest BCUT2D eigenvalue weighted by atomic mass is 10.2. The van der Waals surface area contributed by atoms with Crippen molar-refractivity contribution in [3.63, 3.8) is 0 Å². The highest BCUT2D eigenvalue weighted by atomic mass is 16.1. The fraction of sp³-hybridized carbons (Fsp3) is 0.300. The smallest absolute Gasteiger partial charge is 0.255 e. The van der Waals surface area contributed by atoms with Crippen LogP contribution in [0.4, 0.5) is 5.69 Å². The second kappa shape index (κ2) is 6.05. The Balaban J connectivity index is 1.38. The Bertz CT molecular complexity index is 940. The molecule has 6 nitrogen and oxygen atoms in total. The topological polar surface area (TPSA) is 72.7 Å². The molecule has 1 N–H and O–H groups in total. The first-order chi connectivity index (χ1) is 12.8. The molecule has 0 atom stereocenters. The third-order valence-corrected chi connectivity index (χ3v) is 4.91. The molecule has 2 aliphatic rings. The van der Waals surface area contributed by atoms with E-state index in [-0.39, 0.29) is 5.91 Å². The maximum Gasteiger partial charge on any atom is 0.255 e. The highest BCUT2D eigenvalue weighted by Gasteiger charge is 2.33. The highest BCUT2D eigenvalue weighted by molar-refractivity contribution is 6.04. The van der Waals surface area contributed by atoms with Crippen LogP contribution in [0, 0.1) is 0 Å². The number of rotatable bonds is 5. The summed E-state index contributed by atoms with van der Waals surface area (Å²) < 4.78 is 1.99. The molecular weight excluding hydrogens is 326 g/mol. The molecular formula is C20H19N5O. The van der Waals surface area contributed by atoms with Crippen LogP contribution in [-0.4, -0.2) is 25.7 Å². The summed E-state index contributed by atoms with van der Waals surface area (Å²) in [4.78, 5) is 20.7. The zero-order chi connectivity index (χ0) is 17.5. The van der Waals surface area contributed by atoms with Crippen molar-refractivity contribution < 1.29 is 4.79 Å². The van der Waals surface area contributed by atoms with Gasteiger partial charge in [-0.3, -0.25) is 9.78 Å². The highest BCUT2D eigenvalue weighted by Crippen LogP contribution is 2.45. The van der Waals surface area contributed by atoms with Crippen LogP contribution in [0.15, 0.2) is 48.9 Å². The largest absolute Gasteiger partial charge is 0.321 e. The number of nitrogens with zero attached hydrogens (tertiary/aromatic N) is 4. The van der Waals surface area contributed by atoms with Gasteiger partial charge in [0.2, 0.25) is 0 Å². The number of hydrogen-bond donors (Lipinski definition) is 1. The van der Waals surface area contributed by atoms with E-state index in [2.05, 4.69) is 21.4 Å². The maximum absolute atomic E-state index is 12.2. The Morgan fingerprint density at radius 1 is 1.04 bits per heavy atom. The van der Waals surface area contributed by atoms with Gasteiger partial charge in [-0.25, -0.2) is 9.67 Å². The van der Waals surface area contributed by atoms with Crippen LogP contribution >= 0.6 is 0 Å². The lowest BCUT2D eigenvalue weighted by Crippen LogP contribution is -2.12. The van der Waals surface area contributed by atoms with Crippen LogP contribution in [0.2, 0.25) is 0 Å². The standard InChI is InChI=1S/C20H19N5O/c26-20(15-7-9-21-10-8-15)23-16-5-6-19(22-12-16)25-18(14-3-4-14)11-17(24-25)13-1-2-13/h5-14H,1-4H2,(H,23,26). The molecule has 6 heteroatoms. The number of nitrogens with one attached hydrogen (secondary N) is 1. The monoisotopic (exact) mass is 345 g/mol. The zero-order valence-corrected chi connectivity index (χ0v) is 14.3. The van der Waals surface area contributed by atoms with E-state index in [0.29, 0.717) is 23.1 Å². The molecule has 0 aromatic carbocycles. The number of pyridine rings is 2. The van der Waals surface area contributed by atoms with Crippen LogP contribution in [0.1, 0.15) is 59.3 Å². The molecule has 1 amide bonds. The molecule has 0 radical (unpaired) electrons. The molecule has 3 aromatic heterocycles. The van der Waals surface area contributed by atoms with Gasteiger partial charge < -0.3 is 5.32 Å². The van der Waals surface area contributed by atoms with Gasteiger partial charge >= 0.3 is 0 Å². The molecule has 2 aliphatic carbocycles. The Kier molecular flexibility index (Phi) is 3.55. The van der Waals surface area contributed by atoms with Crippen molar-refractivity contribution in [2.24, 2.45) is 0 Å². The summed E-state index contributed by atoms with van der Waals surface area (Å²) >= 11 is 0. The van der Waals surface area contributed by atoms with Crippen molar-refractivity contribution in [1.29, 1.82) is 0 Å². The molecule has 0 saturated heterocycles. The van der Waals surface area contributed by atoms with Gasteiger partial charge in [-0.05, 0) is 56.0 Å². The van der Waals surface area contributed by atoms with E-state index in [1.807, 2.05) is 16.8 Å².